The Morgan fingerprint density at radius 2 is 1.91 bits per heavy atom. The van der Waals surface area contributed by atoms with Gasteiger partial charge < -0.3 is 29.8 Å². The Hall–Kier alpha value is -3.58. The third-order valence-electron chi connectivity index (χ3n) is 5.50. The van der Waals surface area contributed by atoms with Gasteiger partial charge in [-0.1, -0.05) is 12.0 Å². The number of nitrogen functional groups attached to an aromatic ring is 1. The van der Waals surface area contributed by atoms with Gasteiger partial charge in [-0.15, -0.1) is 5.10 Å². The Morgan fingerprint density at radius 3 is 2.60 bits per heavy atom. The number of hydrogen-bond donors (Lipinski definition) is 3. The number of benzene rings is 1. The first kappa shape index (κ1) is 24.5. The predicted octanol–water partition coefficient (Wildman–Crippen LogP) is 1.96. The number of ether oxygens (including phenoxy) is 2. The van der Waals surface area contributed by atoms with E-state index < -0.39 is 10.0 Å². The predicted molar refractivity (Wildman–Crippen MR) is 133 cm³/mol. The number of hydrogen-bond acceptors (Lipinski definition) is 11. The van der Waals surface area contributed by atoms with Gasteiger partial charge in [0, 0.05) is 37.9 Å². The summed E-state index contributed by atoms with van der Waals surface area (Å²) in [6.07, 6.45) is 2.02. The molecule has 1 aliphatic heterocycles. The highest BCUT2D eigenvalue weighted by molar-refractivity contribution is 7.92. The quantitative estimate of drug-likeness (QED) is 0.392. The van der Waals surface area contributed by atoms with Crippen molar-refractivity contribution in [1.82, 2.24) is 20.5 Å². The highest BCUT2D eigenvalue weighted by atomic mass is 32.2. The molecule has 1 fully saturated rings. The van der Waals surface area contributed by atoms with Crippen molar-refractivity contribution in [3.63, 3.8) is 0 Å². The van der Waals surface area contributed by atoms with Gasteiger partial charge in [0.15, 0.2) is 11.5 Å². The van der Waals surface area contributed by atoms with Crippen LogP contribution in [0.25, 0.3) is 22.6 Å². The maximum atomic E-state index is 12.5. The molecule has 0 bridgehead atoms. The van der Waals surface area contributed by atoms with Crippen molar-refractivity contribution >= 4 is 27.5 Å². The molecule has 0 aliphatic carbocycles. The van der Waals surface area contributed by atoms with E-state index in [4.69, 9.17) is 19.6 Å². The second-order valence-corrected chi connectivity index (χ2v) is 9.81. The standard InChI is InChI=1S/C22H29N7O5S/c1-4-9-35(30,31)28-17-11-14(12-18(32-2)19(17)33-3)16-10-15(13-25-20(16)23)21-26-27-22(34-21)29-7-5-24-6-8-29/h10-13,24,28H,4-9H2,1-3H3,(H2,23,25). The van der Waals surface area contributed by atoms with E-state index in [1.807, 2.05) is 4.90 Å². The van der Waals surface area contributed by atoms with Crippen molar-refractivity contribution in [3.8, 4) is 34.1 Å². The van der Waals surface area contributed by atoms with Crippen LogP contribution in [-0.2, 0) is 10.0 Å². The largest absolute Gasteiger partial charge is 0.493 e. The Balaban J connectivity index is 1.74. The minimum atomic E-state index is -3.59. The van der Waals surface area contributed by atoms with Crippen LogP contribution in [0.15, 0.2) is 28.8 Å². The molecular formula is C22H29N7O5S. The fraction of sp³-hybridized carbons (Fsp3) is 0.409. The van der Waals surface area contributed by atoms with Gasteiger partial charge in [-0.05, 0) is 30.2 Å². The molecule has 1 aromatic carbocycles. The number of anilines is 3. The highest BCUT2D eigenvalue weighted by Gasteiger charge is 2.21. The van der Waals surface area contributed by atoms with Gasteiger partial charge in [-0.2, -0.15) is 0 Å². The first-order valence-electron chi connectivity index (χ1n) is 11.2. The Bertz CT molecular complexity index is 1290. The van der Waals surface area contributed by atoms with Crippen molar-refractivity contribution in [1.29, 1.82) is 0 Å². The Labute approximate surface area is 203 Å². The van der Waals surface area contributed by atoms with Crippen LogP contribution in [0.3, 0.4) is 0 Å². The molecule has 3 heterocycles. The molecule has 188 valence electrons. The molecule has 1 saturated heterocycles. The summed E-state index contributed by atoms with van der Waals surface area (Å²) in [5, 5.41) is 11.6. The van der Waals surface area contributed by atoms with Gasteiger partial charge in [0.05, 0.1) is 31.2 Å². The summed E-state index contributed by atoms with van der Waals surface area (Å²) in [6.45, 7) is 5.02. The zero-order chi connectivity index (χ0) is 25.0. The number of nitrogens with zero attached hydrogens (tertiary/aromatic N) is 4. The monoisotopic (exact) mass is 503 g/mol. The SMILES string of the molecule is CCCS(=O)(=O)Nc1cc(-c2cc(-c3nnc(N4CCNCC4)o3)cnc2N)cc(OC)c1OC. The molecule has 12 nitrogen and oxygen atoms in total. The second kappa shape index (κ2) is 10.4. The number of rotatable bonds is 9. The molecule has 0 radical (unpaired) electrons. The summed E-state index contributed by atoms with van der Waals surface area (Å²) in [6, 6.07) is 5.54. The van der Waals surface area contributed by atoms with Gasteiger partial charge in [-0.3, -0.25) is 4.72 Å². The number of nitrogens with two attached hydrogens (primary N) is 1. The van der Waals surface area contributed by atoms with E-state index in [-0.39, 0.29) is 23.0 Å². The van der Waals surface area contributed by atoms with Gasteiger partial charge in [0.25, 0.3) is 5.89 Å². The van der Waals surface area contributed by atoms with E-state index in [1.54, 1.807) is 31.3 Å². The Kier molecular flexibility index (Phi) is 7.26. The van der Waals surface area contributed by atoms with Crippen molar-refractivity contribution in [3.05, 3.63) is 24.4 Å². The molecule has 4 rings (SSSR count). The van der Waals surface area contributed by atoms with E-state index in [9.17, 15) is 8.42 Å². The number of methoxy groups -OCH3 is 2. The van der Waals surface area contributed by atoms with Crippen LogP contribution < -0.4 is 30.1 Å². The van der Waals surface area contributed by atoms with Crippen LogP contribution in [-0.4, -0.2) is 69.8 Å². The summed E-state index contributed by atoms with van der Waals surface area (Å²) in [7, 11) is -0.671. The van der Waals surface area contributed by atoms with Crippen molar-refractivity contribution in [2.45, 2.75) is 13.3 Å². The van der Waals surface area contributed by atoms with Gasteiger partial charge in [0.2, 0.25) is 10.0 Å². The summed E-state index contributed by atoms with van der Waals surface area (Å²) in [4.78, 5) is 6.32. The van der Waals surface area contributed by atoms with Crippen LogP contribution in [0, 0.1) is 0 Å². The lowest BCUT2D eigenvalue weighted by atomic mass is 10.0. The van der Waals surface area contributed by atoms with Crippen LogP contribution >= 0.6 is 0 Å². The van der Waals surface area contributed by atoms with Crippen molar-refractivity contribution in [2.24, 2.45) is 0 Å². The fourth-order valence-electron chi connectivity index (χ4n) is 3.82. The fourth-order valence-corrected chi connectivity index (χ4v) is 4.95. The molecule has 35 heavy (non-hydrogen) atoms. The van der Waals surface area contributed by atoms with E-state index in [0.29, 0.717) is 40.8 Å². The van der Waals surface area contributed by atoms with Gasteiger partial charge in [0.1, 0.15) is 5.82 Å². The summed E-state index contributed by atoms with van der Waals surface area (Å²) in [5.74, 6) is 1.11. The van der Waals surface area contributed by atoms with Crippen LogP contribution in [0.5, 0.6) is 11.5 Å². The lowest BCUT2D eigenvalue weighted by Crippen LogP contribution is -2.43. The van der Waals surface area contributed by atoms with E-state index >= 15 is 0 Å². The molecule has 1 aliphatic rings. The normalized spacial score (nSPS) is 14.1. The maximum absolute atomic E-state index is 12.5. The molecule has 13 heteroatoms. The number of nitrogens with one attached hydrogen (secondary N) is 2. The number of sulfonamides is 1. The van der Waals surface area contributed by atoms with Crippen LogP contribution in [0.2, 0.25) is 0 Å². The zero-order valence-corrected chi connectivity index (χ0v) is 20.7. The minimum absolute atomic E-state index is 0.0333. The second-order valence-electron chi connectivity index (χ2n) is 7.96. The molecule has 0 amide bonds. The average Bonchev–Trinajstić information content (AvgIpc) is 3.34. The van der Waals surface area contributed by atoms with Crippen molar-refractivity contribution < 1.29 is 22.3 Å². The van der Waals surface area contributed by atoms with Gasteiger partial charge in [-0.25, -0.2) is 13.4 Å². The molecule has 0 unspecified atom stereocenters. The van der Waals surface area contributed by atoms with E-state index in [1.165, 1.54) is 14.2 Å². The first-order valence-corrected chi connectivity index (χ1v) is 12.8. The van der Waals surface area contributed by atoms with Gasteiger partial charge >= 0.3 is 6.01 Å². The zero-order valence-electron chi connectivity index (χ0n) is 19.9. The summed E-state index contributed by atoms with van der Waals surface area (Å²) < 4.78 is 44.3. The number of piperazine rings is 1. The number of aromatic nitrogens is 3. The molecule has 0 spiro atoms. The summed E-state index contributed by atoms with van der Waals surface area (Å²) >= 11 is 0. The molecule has 0 saturated carbocycles. The lowest BCUT2D eigenvalue weighted by molar-refractivity contribution is 0.356. The number of pyridine rings is 1. The van der Waals surface area contributed by atoms with Crippen LogP contribution in [0.4, 0.5) is 17.5 Å². The minimum Gasteiger partial charge on any atom is -0.493 e. The van der Waals surface area contributed by atoms with Crippen LogP contribution in [0.1, 0.15) is 13.3 Å². The van der Waals surface area contributed by atoms with E-state index in [2.05, 4.69) is 25.2 Å². The topological polar surface area (TPSA) is 158 Å². The third kappa shape index (κ3) is 5.41. The molecule has 4 N–H and O–H groups in total. The smallest absolute Gasteiger partial charge is 0.318 e. The first-order chi connectivity index (χ1) is 16.8. The lowest BCUT2D eigenvalue weighted by Gasteiger charge is -2.24. The summed E-state index contributed by atoms with van der Waals surface area (Å²) in [5.41, 5.74) is 8.13. The maximum Gasteiger partial charge on any atom is 0.318 e. The Morgan fingerprint density at radius 1 is 1.14 bits per heavy atom. The average molecular weight is 504 g/mol. The molecule has 3 aromatic rings. The highest BCUT2D eigenvalue weighted by Crippen LogP contribution is 2.42. The third-order valence-corrected chi connectivity index (χ3v) is 6.97. The van der Waals surface area contributed by atoms with Crippen molar-refractivity contribution in [2.75, 3.05) is 61.5 Å². The van der Waals surface area contributed by atoms with E-state index in [0.717, 1.165) is 26.2 Å². The molecule has 0 atom stereocenters. The molecular weight excluding hydrogens is 474 g/mol. The molecule has 2 aromatic heterocycles.